The lowest BCUT2D eigenvalue weighted by Crippen LogP contribution is -2.21. The largest absolute Gasteiger partial charge is 0.372 e. The molecule has 28 heavy (non-hydrogen) atoms. The zero-order valence-electron chi connectivity index (χ0n) is 16.6. The monoisotopic (exact) mass is 396 g/mol. The fourth-order valence-corrected chi connectivity index (χ4v) is 3.15. The van der Waals surface area contributed by atoms with Crippen molar-refractivity contribution in [2.24, 2.45) is 0 Å². The van der Waals surface area contributed by atoms with Gasteiger partial charge in [0.1, 0.15) is 0 Å². The van der Waals surface area contributed by atoms with Gasteiger partial charge in [-0.1, -0.05) is 17.7 Å². The fourth-order valence-electron chi connectivity index (χ4n) is 2.98. The first-order valence-corrected chi connectivity index (χ1v) is 9.73. The van der Waals surface area contributed by atoms with Crippen molar-refractivity contribution >= 4 is 40.4 Å². The van der Waals surface area contributed by atoms with Crippen molar-refractivity contribution in [1.29, 1.82) is 0 Å². The normalized spacial score (nSPS) is 10.6. The van der Waals surface area contributed by atoms with Crippen molar-refractivity contribution in [3.05, 3.63) is 58.7 Å². The Hall–Kier alpha value is -2.86. The van der Waals surface area contributed by atoms with Gasteiger partial charge in [0.05, 0.1) is 6.20 Å². The van der Waals surface area contributed by atoms with E-state index in [2.05, 4.69) is 63.6 Å². The molecule has 7 heteroatoms. The summed E-state index contributed by atoms with van der Waals surface area (Å²) in [5.41, 5.74) is 5.24. The Labute approximate surface area is 171 Å². The second-order valence-corrected chi connectivity index (χ2v) is 6.98. The predicted octanol–water partition coefficient (Wildman–Crippen LogP) is 5.48. The zero-order valence-corrected chi connectivity index (χ0v) is 17.4. The Morgan fingerprint density at radius 2 is 1.71 bits per heavy atom. The summed E-state index contributed by atoms with van der Waals surface area (Å²) in [6, 6.07) is 12.0. The molecule has 0 aliphatic carbocycles. The van der Waals surface area contributed by atoms with E-state index in [0.29, 0.717) is 16.8 Å². The number of anilines is 5. The lowest BCUT2D eigenvalue weighted by molar-refractivity contribution is 0.865. The molecule has 2 aromatic carbocycles. The van der Waals surface area contributed by atoms with Crippen LogP contribution in [0.25, 0.3) is 0 Å². The highest BCUT2D eigenvalue weighted by molar-refractivity contribution is 6.30. The van der Waals surface area contributed by atoms with E-state index in [1.165, 1.54) is 5.69 Å². The number of hydrogen-bond donors (Lipinski definition) is 2. The maximum Gasteiger partial charge on any atom is 0.249 e. The first kappa shape index (κ1) is 19.9. The van der Waals surface area contributed by atoms with Crippen LogP contribution >= 0.6 is 11.6 Å². The van der Waals surface area contributed by atoms with E-state index in [1.54, 1.807) is 6.20 Å². The van der Waals surface area contributed by atoms with Crippen molar-refractivity contribution in [3.8, 4) is 0 Å². The van der Waals surface area contributed by atoms with Crippen LogP contribution in [0.1, 0.15) is 25.0 Å². The van der Waals surface area contributed by atoms with Crippen LogP contribution in [0.3, 0.4) is 0 Å². The van der Waals surface area contributed by atoms with Crippen LogP contribution in [-0.4, -0.2) is 28.3 Å². The summed E-state index contributed by atoms with van der Waals surface area (Å²) in [6.07, 6.45) is 1.59. The molecule has 0 atom stereocenters. The van der Waals surface area contributed by atoms with Gasteiger partial charge in [-0.05, 0) is 69.2 Å². The summed E-state index contributed by atoms with van der Waals surface area (Å²) < 4.78 is 0. The molecule has 0 amide bonds. The van der Waals surface area contributed by atoms with Gasteiger partial charge in [0.25, 0.3) is 0 Å². The molecule has 6 nitrogen and oxygen atoms in total. The number of halogens is 1. The maximum atomic E-state index is 6.09. The second-order valence-electron chi connectivity index (χ2n) is 6.55. The number of aromatic nitrogens is 3. The van der Waals surface area contributed by atoms with Crippen molar-refractivity contribution in [1.82, 2.24) is 15.2 Å². The Balaban J connectivity index is 1.78. The Morgan fingerprint density at radius 1 is 0.929 bits per heavy atom. The minimum absolute atomic E-state index is 0.434. The fraction of sp³-hybridized carbons (Fsp3) is 0.286. The van der Waals surface area contributed by atoms with E-state index in [1.807, 2.05) is 31.2 Å². The molecular weight excluding hydrogens is 372 g/mol. The van der Waals surface area contributed by atoms with Gasteiger partial charge in [-0.15, -0.1) is 5.10 Å². The highest BCUT2D eigenvalue weighted by atomic mass is 35.5. The first-order valence-electron chi connectivity index (χ1n) is 9.35. The van der Waals surface area contributed by atoms with E-state index in [0.717, 1.165) is 35.6 Å². The van der Waals surface area contributed by atoms with E-state index in [4.69, 9.17) is 11.6 Å². The molecule has 3 aromatic rings. The lowest BCUT2D eigenvalue weighted by atomic mass is 10.1. The van der Waals surface area contributed by atoms with E-state index in [-0.39, 0.29) is 0 Å². The summed E-state index contributed by atoms with van der Waals surface area (Å²) in [5, 5.41) is 15.3. The predicted molar refractivity (Wildman–Crippen MR) is 117 cm³/mol. The Kier molecular flexibility index (Phi) is 6.31. The zero-order chi connectivity index (χ0) is 20.1. The number of hydrogen-bond acceptors (Lipinski definition) is 6. The first-order chi connectivity index (χ1) is 13.5. The number of aryl methyl sites for hydroxylation is 2. The average Bonchev–Trinajstić information content (AvgIpc) is 2.68. The molecule has 0 bridgehead atoms. The number of benzene rings is 2. The van der Waals surface area contributed by atoms with Crippen molar-refractivity contribution in [2.75, 3.05) is 28.6 Å². The van der Waals surface area contributed by atoms with E-state index >= 15 is 0 Å². The standard InChI is InChI=1S/C21H25ClN6/c1-5-28(6-2)17-9-10-18(15(4)11-17)25-21-26-20(13-23-27-21)24-19-12-16(22)8-7-14(19)3/h7-13H,5-6H2,1-4H3,(H2,24,25,26,27). The van der Waals surface area contributed by atoms with Gasteiger partial charge in [0.15, 0.2) is 5.82 Å². The molecule has 2 N–H and O–H groups in total. The molecule has 1 aromatic heterocycles. The molecule has 146 valence electrons. The maximum absolute atomic E-state index is 6.09. The third kappa shape index (κ3) is 4.70. The van der Waals surface area contributed by atoms with Crippen molar-refractivity contribution < 1.29 is 0 Å². The van der Waals surface area contributed by atoms with Crippen LogP contribution in [0.2, 0.25) is 5.02 Å². The Bertz CT molecular complexity index is 955. The van der Waals surface area contributed by atoms with Crippen LogP contribution in [0, 0.1) is 13.8 Å². The van der Waals surface area contributed by atoms with E-state index in [9.17, 15) is 0 Å². The highest BCUT2D eigenvalue weighted by Gasteiger charge is 2.08. The SMILES string of the molecule is CCN(CC)c1ccc(Nc2nncc(Nc3cc(Cl)ccc3C)n2)c(C)c1. The summed E-state index contributed by atoms with van der Waals surface area (Å²) in [5.74, 6) is 1.03. The average molecular weight is 397 g/mol. The summed E-state index contributed by atoms with van der Waals surface area (Å²) in [4.78, 5) is 6.83. The lowest BCUT2D eigenvalue weighted by Gasteiger charge is -2.22. The molecule has 0 radical (unpaired) electrons. The minimum atomic E-state index is 0.434. The molecule has 0 saturated heterocycles. The summed E-state index contributed by atoms with van der Waals surface area (Å²) in [7, 11) is 0. The Morgan fingerprint density at radius 3 is 2.43 bits per heavy atom. The van der Waals surface area contributed by atoms with Gasteiger partial charge >= 0.3 is 0 Å². The van der Waals surface area contributed by atoms with Crippen molar-refractivity contribution in [2.45, 2.75) is 27.7 Å². The number of rotatable bonds is 7. The molecule has 0 saturated carbocycles. The van der Waals surface area contributed by atoms with Crippen LogP contribution in [0.4, 0.5) is 28.8 Å². The third-order valence-corrected chi connectivity index (χ3v) is 4.84. The molecule has 1 heterocycles. The number of nitrogens with one attached hydrogen (secondary N) is 2. The third-order valence-electron chi connectivity index (χ3n) is 4.61. The molecule has 0 aliphatic rings. The molecular formula is C21H25ClN6. The van der Waals surface area contributed by atoms with Crippen LogP contribution in [0.5, 0.6) is 0 Å². The second kappa shape index (κ2) is 8.89. The molecule has 0 unspecified atom stereocenters. The van der Waals surface area contributed by atoms with Gasteiger partial charge in [0.2, 0.25) is 5.95 Å². The summed E-state index contributed by atoms with van der Waals surface area (Å²) >= 11 is 6.09. The quantitative estimate of drug-likeness (QED) is 0.551. The molecule has 0 spiro atoms. The van der Waals surface area contributed by atoms with Gasteiger partial charge in [0, 0.05) is 35.2 Å². The van der Waals surface area contributed by atoms with Gasteiger partial charge in [-0.3, -0.25) is 0 Å². The van der Waals surface area contributed by atoms with Gasteiger partial charge in [-0.2, -0.15) is 10.1 Å². The van der Waals surface area contributed by atoms with Gasteiger partial charge in [-0.25, -0.2) is 0 Å². The van der Waals surface area contributed by atoms with Crippen molar-refractivity contribution in [3.63, 3.8) is 0 Å². The number of nitrogens with zero attached hydrogens (tertiary/aromatic N) is 4. The molecule has 0 aliphatic heterocycles. The summed E-state index contributed by atoms with van der Waals surface area (Å²) in [6.45, 7) is 10.3. The van der Waals surface area contributed by atoms with Crippen LogP contribution in [0.15, 0.2) is 42.6 Å². The highest BCUT2D eigenvalue weighted by Crippen LogP contribution is 2.26. The molecule has 0 fully saturated rings. The van der Waals surface area contributed by atoms with Gasteiger partial charge < -0.3 is 15.5 Å². The van der Waals surface area contributed by atoms with E-state index < -0.39 is 0 Å². The van der Waals surface area contributed by atoms with Crippen LogP contribution < -0.4 is 15.5 Å². The topological polar surface area (TPSA) is 66.0 Å². The minimum Gasteiger partial charge on any atom is -0.372 e. The smallest absolute Gasteiger partial charge is 0.249 e. The van der Waals surface area contributed by atoms with Crippen LogP contribution in [-0.2, 0) is 0 Å². The molecule has 3 rings (SSSR count).